The number of tetrazole rings is 1. The van der Waals surface area contributed by atoms with Crippen LogP contribution in [0.25, 0.3) is 5.69 Å². The Bertz CT molecular complexity index is 927. The fourth-order valence-corrected chi connectivity index (χ4v) is 3.31. The fourth-order valence-electron chi connectivity index (χ4n) is 2.43. The van der Waals surface area contributed by atoms with Gasteiger partial charge in [-0.3, -0.25) is 4.79 Å². The van der Waals surface area contributed by atoms with Gasteiger partial charge in [0, 0.05) is 5.56 Å². The van der Waals surface area contributed by atoms with Gasteiger partial charge in [0.1, 0.15) is 17.3 Å². The van der Waals surface area contributed by atoms with Crippen molar-refractivity contribution in [1.82, 2.24) is 20.2 Å². The predicted molar refractivity (Wildman–Crippen MR) is 96.5 cm³/mol. The molecule has 0 fully saturated rings. The van der Waals surface area contributed by atoms with Crippen molar-refractivity contribution < 1.29 is 13.9 Å². The van der Waals surface area contributed by atoms with Crippen LogP contribution in [0.1, 0.15) is 22.8 Å². The summed E-state index contributed by atoms with van der Waals surface area (Å²) in [6.07, 6.45) is 0. The van der Waals surface area contributed by atoms with Gasteiger partial charge in [-0.15, -0.1) is 5.10 Å². The van der Waals surface area contributed by atoms with Crippen molar-refractivity contribution in [2.45, 2.75) is 24.3 Å². The highest BCUT2D eigenvalue weighted by atomic mass is 32.2. The summed E-state index contributed by atoms with van der Waals surface area (Å²) < 4.78 is 20.0. The maximum absolute atomic E-state index is 13.0. The molecule has 0 saturated carbocycles. The van der Waals surface area contributed by atoms with Crippen molar-refractivity contribution in [2.24, 2.45) is 0 Å². The Morgan fingerprint density at radius 1 is 1.23 bits per heavy atom. The van der Waals surface area contributed by atoms with E-state index in [9.17, 15) is 9.18 Å². The molecule has 3 aromatic rings. The first-order chi connectivity index (χ1) is 12.5. The van der Waals surface area contributed by atoms with Crippen LogP contribution in [-0.2, 0) is 0 Å². The maximum Gasteiger partial charge on any atom is 0.214 e. The number of ketones is 1. The molecule has 0 aliphatic heterocycles. The Morgan fingerprint density at radius 2 is 1.96 bits per heavy atom. The lowest BCUT2D eigenvalue weighted by atomic mass is 10.1. The van der Waals surface area contributed by atoms with E-state index < -0.39 is 5.25 Å². The summed E-state index contributed by atoms with van der Waals surface area (Å²) in [4.78, 5) is 12.6. The molecule has 8 heteroatoms. The lowest BCUT2D eigenvalue weighted by molar-refractivity contribution is 0.0994. The zero-order valence-electron chi connectivity index (χ0n) is 14.5. The van der Waals surface area contributed by atoms with Crippen LogP contribution in [0, 0.1) is 12.7 Å². The van der Waals surface area contributed by atoms with Crippen LogP contribution in [0.4, 0.5) is 4.39 Å². The molecular formula is C18H17FN4O2S. The molecule has 0 amide bonds. The number of Topliss-reactive ketones (excluding diaryl/α,β-unsaturated/α-hetero) is 1. The number of hydrogen-bond donors (Lipinski definition) is 0. The zero-order valence-corrected chi connectivity index (χ0v) is 15.3. The fraction of sp³-hybridized carbons (Fsp3) is 0.222. The molecule has 0 radical (unpaired) electrons. The van der Waals surface area contributed by atoms with Gasteiger partial charge < -0.3 is 4.74 Å². The number of ether oxygens (including phenoxy) is 1. The van der Waals surface area contributed by atoms with Gasteiger partial charge in [0.25, 0.3) is 0 Å². The molecule has 0 saturated heterocycles. The topological polar surface area (TPSA) is 69.9 Å². The third-order valence-electron chi connectivity index (χ3n) is 3.78. The summed E-state index contributed by atoms with van der Waals surface area (Å²) in [6, 6.07) is 11.2. The Morgan fingerprint density at radius 3 is 2.65 bits per heavy atom. The molecule has 0 spiro atoms. The van der Waals surface area contributed by atoms with E-state index in [2.05, 4.69) is 15.5 Å². The molecule has 3 rings (SSSR count). The van der Waals surface area contributed by atoms with Gasteiger partial charge in [0.05, 0.1) is 12.4 Å². The van der Waals surface area contributed by atoms with E-state index in [4.69, 9.17) is 4.74 Å². The highest BCUT2D eigenvalue weighted by Gasteiger charge is 2.21. The van der Waals surface area contributed by atoms with Gasteiger partial charge in [0.15, 0.2) is 5.78 Å². The highest BCUT2D eigenvalue weighted by Crippen LogP contribution is 2.29. The van der Waals surface area contributed by atoms with Crippen LogP contribution in [0.15, 0.2) is 47.6 Å². The van der Waals surface area contributed by atoms with Crippen LogP contribution >= 0.6 is 11.8 Å². The zero-order chi connectivity index (χ0) is 18.7. The number of aryl methyl sites for hydroxylation is 1. The van der Waals surface area contributed by atoms with Crippen LogP contribution in [-0.4, -0.2) is 38.4 Å². The largest absolute Gasteiger partial charge is 0.494 e. The summed E-state index contributed by atoms with van der Waals surface area (Å²) in [5.74, 6) is 0.125. The van der Waals surface area contributed by atoms with Gasteiger partial charge in [0.2, 0.25) is 5.16 Å². The smallest absolute Gasteiger partial charge is 0.214 e. The van der Waals surface area contributed by atoms with Crippen molar-refractivity contribution in [1.29, 1.82) is 0 Å². The molecule has 26 heavy (non-hydrogen) atoms. The van der Waals surface area contributed by atoms with Gasteiger partial charge in [-0.1, -0.05) is 17.8 Å². The molecule has 1 atom stereocenters. The summed E-state index contributed by atoms with van der Waals surface area (Å²) in [5.41, 5.74) is 2.17. The number of nitrogens with zero attached hydrogens (tertiary/aromatic N) is 4. The van der Waals surface area contributed by atoms with E-state index in [1.54, 1.807) is 18.7 Å². The maximum atomic E-state index is 13.0. The quantitative estimate of drug-likeness (QED) is 0.487. The third kappa shape index (κ3) is 3.75. The van der Waals surface area contributed by atoms with Crippen LogP contribution in [0.5, 0.6) is 5.75 Å². The molecule has 0 unspecified atom stereocenters. The first kappa shape index (κ1) is 18.1. The molecule has 0 N–H and O–H groups in total. The van der Waals surface area contributed by atoms with Gasteiger partial charge >= 0.3 is 0 Å². The van der Waals surface area contributed by atoms with Crippen LogP contribution in [0.3, 0.4) is 0 Å². The monoisotopic (exact) mass is 372 g/mol. The van der Waals surface area contributed by atoms with Gasteiger partial charge in [-0.2, -0.15) is 4.68 Å². The second kappa shape index (κ2) is 7.65. The number of thioether (sulfide) groups is 1. The lowest BCUT2D eigenvalue weighted by Crippen LogP contribution is -2.15. The molecule has 0 aliphatic rings. The standard InChI is InChI=1S/C18H17FN4O2S/c1-11-4-9-16(25-3)15(10-11)23-18(20-21-22-23)26-12(2)17(24)13-5-7-14(19)8-6-13/h4-10,12H,1-3H3/t12-/m0/s1. The number of methoxy groups -OCH3 is 1. The van der Waals surface area contributed by atoms with Crippen molar-refractivity contribution in [2.75, 3.05) is 7.11 Å². The molecule has 2 aromatic carbocycles. The Labute approximate surface area is 154 Å². The summed E-state index contributed by atoms with van der Waals surface area (Å²) >= 11 is 1.23. The lowest BCUT2D eigenvalue weighted by Gasteiger charge is -2.12. The Balaban J connectivity index is 1.86. The van der Waals surface area contributed by atoms with E-state index in [1.807, 2.05) is 25.1 Å². The second-order valence-corrected chi connectivity index (χ2v) is 6.99. The van der Waals surface area contributed by atoms with Crippen LogP contribution < -0.4 is 4.74 Å². The van der Waals surface area contributed by atoms with Crippen molar-refractivity contribution in [3.8, 4) is 11.4 Å². The number of halogens is 1. The predicted octanol–water partition coefficient (Wildman–Crippen LogP) is 3.48. The highest BCUT2D eigenvalue weighted by molar-refractivity contribution is 8.00. The van der Waals surface area contributed by atoms with Crippen LogP contribution in [0.2, 0.25) is 0 Å². The molecule has 6 nitrogen and oxygen atoms in total. The van der Waals surface area contributed by atoms with Crippen molar-refractivity contribution in [3.05, 3.63) is 59.4 Å². The van der Waals surface area contributed by atoms with E-state index in [-0.39, 0.29) is 11.6 Å². The van der Waals surface area contributed by atoms with Crippen molar-refractivity contribution in [3.63, 3.8) is 0 Å². The Kier molecular flexibility index (Phi) is 5.32. The minimum atomic E-state index is -0.444. The molecular weight excluding hydrogens is 355 g/mol. The number of aromatic nitrogens is 4. The number of rotatable bonds is 6. The molecule has 1 aromatic heterocycles. The molecule has 0 aliphatic carbocycles. The summed E-state index contributed by atoms with van der Waals surface area (Å²) in [6.45, 7) is 3.73. The molecule has 134 valence electrons. The van der Waals surface area contributed by atoms with E-state index in [0.29, 0.717) is 22.2 Å². The first-order valence-corrected chi connectivity index (χ1v) is 8.77. The minimum Gasteiger partial charge on any atom is -0.494 e. The summed E-state index contributed by atoms with van der Waals surface area (Å²) in [5, 5.41) is 11.8. The van der Waals surface area contributed by atoms with Gasteiger partial charge in [-0.25, -0.2) is 4.39 Å². The van der Waals surface area contributed by atoms with E-state index in [1.165, 1.54) is 36.0 Å². The number of benzene rings is 2. The third-order valence-corrected chi connectivity index (χ3v) is 4.82. The molecule has 1 heterocycles. The van der Waals surface area contributed by atoms with Gasteiger partial charge in [-0.05, 0) is 66.2 Å². The van der Waals surface area contributed by atoms with Crippen molar-refractivity contribution >= 4 is 17.5 Å². The number of hydrogen-bond acceptors (Lipinski definition) is 6. The average molecular weight is 372 g/mol. The average Bonchev–Trinajstić information content (AvgIpc) is 3.09. The SMILES string of the molecule is COc1ccc(C)cc1-n1nnnc1S[C@@H](C)C(=O)c1ccc(F)cc1. The normalized spacial score (nSPS) is 12.0. The minimum absolute atomic E-state index is 0.124. The Hall–Kier alpha value is -2.74. The van der Waals surface area contributed by atoms with E-state index in [0.717, 1.165) is 5.56 Å². The second-order valence-electron chi connectivity index (χ2n) is 5.68. The molecule has 0 bridgehead atoms. The first-order valence-electron chi connectivity index (χ1n) is 7.89. The summed E-state index contributed by atoms with van der Waals surface area (Å²) in [7, 11) is 1.58. The van der Waals surface area contributed by atoms with E-state index >= 15 is 0 Å². The number of carbonyl (C=O) groups is 1. The number of carbonyl (C=O) groups excluding carboxylic acids is 1.